The minimum atomic E-state index is 0.602. The molecule has 0 aliphatic carbocycles. The molecule has 106 valence electrons. The van der Waals surface area contributed by atoms with Gasteiger partial charge in [-0.15, -0.1) is 0 Å². The van der Waals surface area contributed by atoms with Crippen LogP contribution in [0.2, 0.25) is 0 Å². The lowest BCUT2D eigenvalue weighted by Crippen LogP contribution is -2.01. The summed E-state index contributed by atoms with van der Waals surface area (Å²) < 4.78 is 2.87. The summed E-state index contributed by atoms with van der Waals surface area (Å²) in [7, 11) is 0. The summed E-state index contributed by atoms with van der Waals surface area (Å²) in [5.74, 6) is 0. The van der Waals surface area contributed by atoms with Crippen LogP contribution in [0.5, 0.6) is 0 Å². The monoisotopic (exact) mass is 343 g/mol. The lowest BCUT2D eigenvalue weighted by Gasteiger charge is -2.04. The molecule has 1 aromatic carbocycles. The third kappa shape index (κ3) is 2.80. The van der Waals surface area contributed by atoms with Crippen molar-refractivity contribution in [2.45, 2.75) is 13.5 Å². The molecule has 0 aliphatic rings. The molecule has 21 heavy (non-hydrogen) atoms. The van der Waals surface area contributed by atoms with Crippen LogP contribution in [0.1, 0.15) is 11.3 Å². The van der Waals surface area contributed by atoms with Gasteiger partial charge in [-0.3, -0.25) is 14.6 Å². The molecule has 2 heterocycles. The predicted molar refractivity (Wildman–Crippen MR) is 85.6 cm³/mol. The highest BCUT2D eigenvalue weighted by Gasteiger charge is 2.13. The van der Waals surface area contributed by atoms with Crippen molar-refractivity contribution >= 4 is 21.6 Å². The molecule has 5 nitrogen and oxygen atoms in total. The highest BCUT2D eigenvalue weighted by molar-refractivity contribution is 9.10. The average molecular weight is 344 g/mol. The van der Waals surface area contributed by atoms with Gasteiger partial charge in [0.15, 0.2) is 0 Å². The Morgan fingerprint density at radius 3 is 2.67 bits per heavy atom. The Balaban J connectivity index is 1.96. The van der Waals surface area contributed by atoms with Crippen molar-refractivity contribution in [3.63, 3.8) is 0 Å². The van der Waals surface area contributed by atoms with Gasteiger partial charge in [-0.1, -0.05) is 34.1 Å². The Bertz CT molecular complexity index is 781. The standard InChI is InChI=1S/C15H14BrN5/c1-10-14(19-7-6-18-10)15-13(17)9-21(20-15)8-11-4-2-3-5-12(11)16/h2-7,9H,8,17H2,1H3. The van der Waals surface area contributed by atoms with Crippen molar-refractivity contribution in [3.8, 4) is 11.4 Å². The van der Waals surface area contributed by atoms with Gasteiger partial charge < -0.3 is 5.73 Å². The van der Waals surface area contributed by atoms with Crippen molar-refractivity contribution in [1.82, 2.24) is 19.7 Å². The number of aromatic nitrogens is 4. The number of nitrogens with two attached hydrogens (primary N) is 1. The van der Waals surface area contributed by atoms with Crippen LogP contribution in [0.15, 0.2) is 47.3 Å². The molecule has 2 N–H and O–H groups in total. The van der Waals surface area contributed by atoms with E-state index < -0.39 is 0 Å². The zero-order valence-electron chi connectivity index (χ0n) is 11.5. The first-order valence-corrected chi connectivity index (χ1v) is 7.29. The fraction of sp³-hybridized carbons (Fsp3) is 0.133. The molecule has 0 atom stereocenters. The van der Waals surface area contributed by atoms with E-state index in [-0.39, 0.29) is 0 Å². The van der Waals surface area contributed by atoms with Crippen LogP contribution < -0.4 is 5.73 Å². The summed E-state index contributed by atoms with van der Waals surface area (Å²) >= 11 is 3.54. The van der Waals surface area contributed by atoms with E-state index >= 15 is 0 Å². The summed E-state index contributed by atoms with van der Waals surface area (Å²) in [6, 6.07) is 8.05. The second kappa shape index (κ2) is 5.65. The molecular formula is C15H14BrN5. The van der Waals surface area contributed by atoms with Gasteiger partial charge in [-0.05, 0) is 18.6 Å². The molecule has 0 saturated heterocycles. The number of hydrogen-bond donors (Lipinski definition) is 1. The van der Waals surface area contributed by atoms with Crippen molar-refractivity contribution in [2.24, 2.45) is 0 Å². The van der Waals surface area contributed by atoms with E-state index in [0.29, 0.717) is 17.9 Å². The number of halogens is 1. The molecule has 6 heteroatoms. The van der Waals surface area contributed by atoms with Crippen LogP contribution in [0.25, 0.3) is 11.4 Å². The Kier molecular flexibility index (Phi) is 3.70. The minimum absolute atomic E-state index is 0.602. The number of aryl methyl sites for hydroxylation is 1. The lowest BCUT2D eigenvalue weighted by atomic mass is 10.2. The minimum Gasteiger partial charge on any atom is -0.396 e. The van der Waals surface area contributed by atoms with E-state index in [9.17, 15) is 0 Å². The zero-order valence-corrected chi connectivity index (χ0v) is 13.1. The van der Waals surface area contributed by atoms with Crippen molar-refractivity contribution < 1.29 is 0 Å². The Labute approximate surface area is 131 Å². The van der Waals surface area contributed by atoms with Crippen molar-refractivity contribution in [1.29, 1.82) is 0 Å². The quantitative estimate of drug-likeness (QED) is 0.793. The number of rotatable bonds is 3. The summed E-state index contributed by atoms with van der Waals surface area (Å²) in [6.45, 7) is 2.54. The van der Waals surface area contributed by atoms with E-state index in [2.05, 4.69) is 37.1 Å². The fourth-order valence-electron chi connectivity index (χ4n) is 2.14. The number of nitrogens with zero attached hydrogens (tertiary/aromatic N) is 4. The Morgan fingerprint density at radius 1 is 1.14 bits per heavy atom. The van der Waals surface area contributed by atoms with E-state index in [1.807, 2.05) is 36.0 Å². The maximum Gasteiger partial charge on any atom is 0.135 e. The number of anilines is 1. The fourth-order valence-corrected chi connectivity index (χ4v) is 2.55. The highest BCUT2D eigenvalue weighted by Crippen LogP contribution is 2.25. The summed E-state index contributed by atoms with van der Waals surface area (Å²) in [5, 5.41) is 4.55. The Hall–Kier alpha value is -2.21. The number of nitrogen functional groups attached to an aromatic ring is 1. The second-order valence-electron chi connectivity index (χ2n) is 4.71. The molecule has 0 amide bonds. The Morgan fingerprint density at radius 2 is 1.90 bits per heavy atom. The molecule has 3 aromatic rings. The van der Waals surface area contributed by atoms with Crippen LogP contribution >= 0.6 is 15.9 Å². The van der Waals surface area contributed by atoms with Gasteiger partial charge in [0, 0.05) is 23.1 Å². The van der Waals surface area contributed by atoms with Gasteiger partial charge in [0.05, 0.1) is 17.9 Å². The zero-order chi connectivity index (χ0) is 14.8. The van der Waals surface area contributed by atoms with Crippen LogP contribution in [0, 0.1) is 6.92 Å². The van der Waals surface area contributed by atoms with E-state index in [1.54, 1.807) is 12.4 Å². The maximum atomic E-state index is 6.07. The molecule has 0 spiro atoms. The number of hydrogen-bond acceptors (Lipinski definition) is 4. The van der Waals surface area contributed by atoms with Crippen LogP contribution in [-0.2, 0) is 6.54 Å². The van der Waals surface area contributed by atoms with Gasteiger partial charge in [-0.2, -0.15) is 5.10 Å². The van der Waals surface area contributed by atoms with Gasteiger partial charge in [0.2, 0.25) is 0 Å². The topological polar surface area (TPSA) is 69.6 Å². The lowest BCUT2D eigenvalue weighted by molar-refractivity contribution is 0.687. The maximum absolute atomic E-state index is 6.07. The first kappa shape index (κ1) is 13.8. The van der Waals surface area contributed by atoms with Crippen molar-refractivity contribution in [2.75, 3.05) is 5.73 Å². The highest BCUT2D eigenvalue weighted by atomic mass is 79.9. The molecule has 2 aromatic heterocycles. The number of benzene rings is 1. The predicted octanol–water partition coefficient (Wildman–Crippen LogP) is 3.04. The average Bonchev–Trinajstić information content (AvgIpc) is 2.83. The van der Waals surface area contributed by atoms with Crippen molar-refractivity contribution in [3.05, 3.63) is 58.6 Å². The van der Waals surface area contributed by atoms with Gasteiger partial charge >= 0.3 is 0 Å². The third-order valence-corrected chi connectivity index (χ3v) is 3.96. The normalized spacial score (nSPS) is 10.8. The first-order valence-electron chi connectivity index (χ1n) is 6.49. The van der Waals surface area contributed by atoms with E-state index in [1.165, 1.54) is 0 Å². The van der Waals surface area contributed by atoms with Gasteiger partial charge in [-0.25, -0.2) is 0 Å². The molecule has 3 rings (SSSR count). The summed E-state index contributed by atoms with van der Waals surface area (Å²) in [4.78, 5) is 8.55. The van der Waals surface area contributed by atoms with E-state index in [4.69, 9.17) is 5.73 Å². The molecule has 0 fully saturated rings. The second-order valence-corrected chi connectivity index (χ2v) is 5.57. The first-order chi connectivity index (χ1) is 10.1. The smallest absolute Gasteiger partial charge is 0.135 e. The van der Waals surface area contributed by atoms with Crippen LogP contribution in [-0.4, -0.2) is 19.7 Å². The largest absolute Gasteiger partial charge is 0.396 e. The third-order valence-electron chi connectivity index (χ3n) is 3.19. The molecule has 0 aliphatic heterocycles. The molecular weight excluding hydrogens is 330 g/mol. The van der Waals surface area contributed by atoms with Gasteiger partial charge in [0.25, 0.3) is 0 Å². The van der Waals surface area contributed by atoms with Crippen LogP contribution in [0.4, 0.5) is 5.69 Å². The molecule has 0 bridgehead atoms. The molecule has 0 saturated carbocycles. The van der Waals surface area contributed by atoms with Crippen LogP contribution in [0.3, 0.4) is 0 Å². The van der Waals surface area contributed by atoms with E-state index in [0.717, 1.165) is 21.4 Å². The molecule has 0 unspecified atom stereocenters. The van der Waals surface area contributed by atoms with Gasteiger partial charge in [0.1, 0.15) is 11.4 Å². The summed E-state index contributed by atoms with van der Waals surface area (Å²) in [6.07, 6.45) is 5.13. The molecule has 0 radical (unpaired) electrons. The SMILES string of the molecule is Cc1nccnc1-c1nn(Cc2ccccc2Br)cc1N. The summed E-state index contributed by atoms with van der Waals surface area (Å²) in [5.41, 5.74) is 10.0.